The third-order valence-electron chi connectivity index (χ3n) is 4.72. The van der Waals surface area contributed by atoms with Gasteiger partial charge in [-0.3, -0.25) is 4.79 Å². The van der Waals surface area contributed by atoms with Crippen molar-refractivity contribution in [3.8, 4) is 0 Å². The van der Waals surface area contributed by atoms with Gasteiger partial charge in [-0.2, -0.15) is 0 Å². The highest BCUT2D eigenvalue weighted by molar-refractivity contribution is 5.84. The lowest BCUT2D eigenvalue weighted by atomic mass is 9.68. The molecule has 2 N–H and O–H groups in total. The number of hydrogen-bond donors (Lipinski definition) is 2. The molecule has 20 heavy (non-hydrogen) atoms. The molecule has 0 saturated heterocycles. The summed E-state index contributed by atoms with van der Waals surface area (Å²) in [4.78, 5) is 12.2. The zero-order chi connectivity index (χ0) is 14.3. The van der Waals surface area contributed by atoms with Crippen molar-refractivity contribution in [1.82, 2.24) is 5.32 Å². The van der Waals surface area contributed by atoms with Gasteiger partial charge in [0.2, 0.25) is 5.91 Å². The Morgan fingerprint density at radius 3 is 2.45 bits per heavy atom. The first kappa shape index (κ1) is 13.5. The molecular formula is C15H17F2NO2. The summed E-state index contributed by atoms with van der Waals surface area (Å²) < 4.78 is 26.1. The van der Waals surface area contributed by atoms with Crippen molar-refractivity contribution < 1.29 is 18.7 Å². The quantitative estimate of drug-likeness (QED) is 0.886. The maximum absolute atomic E-state index is 13.1. The predicted octanol–water partition coefficient (Wildman–Crippen LogP) is 1.99. The molecule has 4 rings (SSSR count). The summed E-state index contributed by atoms with van der Waals surface area (Å²) in [5.74, 6) is -0.659. The van der Waals surface area contributed by atoms with Crippen LogP contribution in [0.5, 0.6) is 0 Å². The molecule has 108 valence electrons. The molecule has 3 saturated carbocycles. The monoisotopic (exact) mass is 281 g/mol. The summed E-state index contributed by atoms with van der Waals surface area (Å²) in [5.41, 5.74) is 0.0593. The van der Waals surface area contributed by atoms with Crippen molar-refractivity contribution >= 4 is 5.91 Å². The van der Waals surface area contributed by atoms with Crippen molar-refractivity contribution in [2.45, 2.75) is 25.8 Å². The van der Waals surface area contributed by atoms with E-state index in [1.165, 1.54) is 12.1 Å². The zero-order valence-electron chi connectivity index (χ0n) is 11.0. The molecule has 1 aromatic carbocycles. The molecule has 1 atom stereocenters. The Kier molecular flexibility index (Phi) is 3.24. The average molecular weight is 281 g/mol. The molecule has 1 unspecified atom stereocenters. The van der Waals surface area contributed by atoms with Crippen LogP contribution in [0.25, 0.3) is 0 Å². The Morgan fingerprint density at radius 1 is 1.25 bits per heavy atom. The van der Waals surface area contributed by atoms with E-state index in [1.54, 1.807) is 0 Å². The molecular weight excluding hydrogens is 264 g/mol. The minimum Gasteiger partial charge on any atom is -0.396 e. The highest BCUT2D eigenvalue weighted by Crippen LogP contribution is 2.61. The maximum Gasteiger partial charge on any atom is 0.226 e. The minimum absolute atomic E-state index is 0.0608. The van der Waals surface area contributed by atoms with E-state index in [1.807, 2.05) is 0 Å². The van der Waals surface area contributed by atoms with E-state index < -0.39 is 11.6 Å². The van der Waals surface area contributed by atoms with Crippen molar-refractivity contribution in [2.75, 3.05) is 6.61 Å². The van der Waals surface area contributed by atoms with Gasteiger partial charge in [-0.25, -0.2) is 8.78 Å². The van der Waals surface area contributed by atoms with Gasteiger partial charge in [-0.05, 0) is 48.8 Å². The molecule has 0 aromatic heterocycles. The van der Waals surface area contributed by atoms with Gasteiger partial charge >= 0.3 is 0 Å². The molecule has 0 spiro atoms. The van der Waals surface area contributed by atoms with Crippen molar-refractivity contribution in [2.24, 2.45) is 17.3 Å². The fraction of sp³-hybridized carbons (Fsp3) is 0.533. The molecule has 5 heteroatoms. The number of carbonyl (C=O) groups excluding carboxylic acids is 1. The summed E-state index contributed by atoms with van der Waals surface area (Å²) in [6.07, 6.45) is 2.36. The van der Waals surface area contributed by atoms with E-state index >= 15 is 0 Å². The number of benzene rings is 1. The maximum atomic E-state index is 13.1. The summed E-state index contributed by atoms with van der Waals surface area (Å²) in [7, 11) is 0. The minimum atomic E-state index is -0.641. The molecule has 0 radical (unpaired) electrons. The van der Waals surface area contributed by atoms with Crippen LogP contribution < -0.4 is 5.32 Å². The molecule has 0 aliphatic heterocycles. The van der Waals surface area contributed by atoms with Crippen molar-refractivity contribution in [1.29, 1.82) is 0 Å². The van der Waals surface area contributed by atoms with Gasteiger partial charge < -0.3 is 10.4 Å². The van der Waals surface area contributed by atoms with Crippen LogP contribution in [0.15, 0.2) is 18.2 Å². The van der Waals surface area contributed by atoms with Crippen molar-refractivity contribution in [3.05, 3.63) is 35.4 Å². The highest BCUT2D eigenvalue weighted by Gasteiger charge is 2.59. The second-order valence-corrected chi connectivity index (χ2v) is 6.06. The molecule has 3 nitrogen and oxygen atoms in total. The number of hydrogen-bond acceptors (Lipinski definition) is 2. The number of fused-ring (bicyclic) bond motifs is 1. The number of halogens is 2. The molecule has 1 aromatic rings. The molecule has 0 heterocycles. The average Bonchev–Trinajstić information content (AvgIpc) is 2.89. The first-order valence-corrected chi connectivity index (χ1v) is 6.86. The number of nitrogens with one attached hydrogen (secondary N) is 1. The van der Waals surface area contributed by atoms with Crippen LogP contribution >= 0.6 is 0 Å². The highest BCUT2D eigenvalue weighted by atomic mass is 19.1. The van der Waals surface area contributed by atoms with E-state index in [0.717, 1.165) is 25.3 Å². The van der Waals surface area contributed by atoms with Crippen LogP contribution in [0, 0.1) is 28.9 Å². The van der Waals surface area contributed by atoms with Crippen LogP contribution in [0.3, 0.4) is 0 Å². The predicted molar refractivity (Wildman–Crippen MR) is 68.6 cm³/mol. The third-order valence-corrected chi connectivity index (χ3v) is 4.72. The van der Waals surface area contributed by atoms with E-state index in [2.05, 4.69) is 5.32 Å². The van der Waals surface area contributed by atoms with Gasteiger partial charge in [0.25, 0.3) is 0 Å². The van der Waals surface area contributed by atoms with Crippen LogP contribution in [-0.4, -0.2) is 17.6 Å². The molecule has 3 aliphatic rings. The normalized spacial score (nSPS) is 30.9. The third kappa shape index (κ3) is 2.20. The summed E-state index contributed by atoms with van der Waals surface area (Å²) in [6.45, 7) is 0.262. The fourth-order valence-electron chi connectivity index (χ4n) is 3.69. The van der Waals surface area contributed by atoms with Gasteiger partial charge in [0, 0.05) is 19.2 Å². The largest absolute Gasteiger partial charge is 0.396 e. The number of aliphatic hydroxyl groups excluding tert-OH is 1. The van der Waals surface area contributed by atoms with Gasteiger partial charge in [-0.1, -0.05) is 0 Å². The van der Waals surface area contributed by atoms with Crippen LogP contribution in [0.1, 0.15) is 24.8 Å². The second kappa shape index (κ2) is 4.81. The van der Waals surface area contributed by atoms with E-state index in [0.29, 0.717) is 11.5 Å². The topological polar surface area (TPSA) is 49.3 Å². The Morgan fingerprint density at radius 2 is 1.90 bits per heavy atom. The Balaban J connectivity index is 1.61. The lowest BCUT2D eigenvalue weighted by Gasteiger charge is -2.37. The van der Waals surface area contributed by atoms with Crippen LogP contribution in [-0.2, 0) is 11.3 Å². The fourth-order valence-corrected chi connectivity index (χ4v) is 3.69. The van der Waals surface area contributed by atoms with Crippen LogP contribution in [0.2, 0.25) is 0 Å². The molecule has 2 bridgehead atoms. The van der Waals surface area contributed by atoms with E-state index in [9.17, 15) is 18.7 Å². The molecule has 3 fully saturated rings. The summed E-state index contributed by atoms with van der Waals surface area (Å²) in [5, 5.41) is 12.0. The van der Waals surface area contributed by atoms with Gasteiger partial charge in [0.1, 0.15) is 11.6 Å². The van der Waals surface area contributed by atoms with E-state index in [4.69, 9.17) is 0 Å². The lowest BCUT2D eigenvalue weighted by molar-refractivity contribution is -0.135. The Labute approximate surface area is 116 Å². The Hall–Kier alpha value is -1.49. The summed E-state index contributed by atoms with van der Waals surface area (Å²) in [6, 6.07) is 3.24. The SMILES string of the molecule is O=C(NCc1cc(F)cc(F)c1)C12CC(CO)C(C1)C2. The van der Waals surface area contributed by atoms with Crippen LogP contribution in [0.4, 0.5) is 8.78 Å². The first-order valence-electron chi connectivity index (χ1n) is 6.86. The number of aliphatic hydroxyl groups is 1. The van der Waals surface area contributed by atoms with Crippen molar-refractivity contribution in [3.63, 3.8) is 0 Å². The second-order valence-electron chi connectivity index (χ2n) is 6.06. The first-order chi connectivity index (χ1) is 9.52. The number of amides is 1. The smallest absolute Gasteiger partial charge is 0.226 e. The molecule has 1 amide bonds. The van der Waals surface area contributed by atoms with Gasteiger partial charge in [0.15, 0.2) is 0 Å². The standard InChI is InChI=1S/C15H17F2NO2/c16-12-1-9(2-13(17)3-12)7-18-14(20)15-4-10(5-15)11(6-15)8-19/h1-3,10-11,19H,4-8H2,(H,18,20). The molecule has 3 aliphatic carbocycles. The Bertz CT molecular complexity index is 520. The lowest BCUT2D eigenvalue weighted by Crippen LogP contribution is -2.44. The number of rotatable bonds is 4. The van der Waals surface area contributed by atoms with Gasteiger partial charge in [-0.15, -0.1) is 0 Å². The number of carbonyl (C=O) groups is 1. The zero-order valence-corrected chi connectivity index (χ0v) is 11.0. The van der Waals surface area contributed by atoms with Gasteiger partial charge in [0.05, 0.1) is 5.41 Å². The van der Waals surface area contributed by atoms with E-state index in [-0.39, 0.29) is 30.4 Å². The summed E-state index contributed by atoms with van der Waals surface area (Å²) >= 11 is 0.